The maximum atomic E-state index is 15.8. The predicted octanol–water partition coefficient (Wildman–Crippen LogP) is 6.20. The fourth-order valence-electron chi connectivity index (χ4n) is 6.81. The van der Waals surface area contributed by atoms with E-state index in [0.29, 0.717) is 33.9 Å². The summed E-state index contributed by atoms with van der Waals surface area (Å²) in [6.07, 6.45) is 14.8. The number of hydrogen-bond acceptors (Lipinski definition) is 9. The van der Waals surface area contributed by atoms with Crippen LogP contribution in [0.1, 0.15) is 52.7 Å². The zero-order valence-electron chi connectivity index (χ0n) is 25.7. The van der Waals surface area contributed by atoms with Gasteiger partial charge in [0.1, 0.15) is 17.8 Å². The molecule has 47 heavy (non-hydrogen) atoms. The van der Waals surface area contributed by atoms with Crippen LogP contribution in [0.5, 0.6) is 0 Å². The molecule has 2 atom stereocenters. The Kier molecular flexibility index (Phi) is 7.20. The SMILES string of the molecule is C=NC1C=C(C2=NC3CN3c3cc(F)c(-c4cncc(NC(=O)C5CCCC5)c4)cc32)NC2=C1C(c1ccc(C(C)=O)s1)=CC=CN2. The lowest BCUT2D eigenvalue weighted by Gasteiger charge is -2.30. The quantitative estimate of drug-likeness (QED) is 0.160. The van der Waals surface area contributed by atoms with Crippen LogP contribution in [-0.4, -0.2) is 47.9 Å². The highest BCUT2D eigenvalue weighted by atomic mass is 32.1. The van der Waals surface area contributed by atoms with Crippen molar-refractivity contribution in [1.29, 1.82) is 0 Å². The van der Waals surface area contributed by atoms with Gasteiger partial charge in [0.15, 0.2) is 5.78 Å². The molecule has 6 heterocycles. The summed E-state index contributed by atoms with van der Waals surface area (Å²) in [6.45, 7) is 6.19. The molecule has 1 saturated heterocycles. The molecule has 1 aliphatic carbocycles. The van der Waals surface area contributed by atoms with E-state index in [4.69, 9.17) is 4.99 Å². The highest BCUT2D eigenvalue weighted by molar-refractivity contribution is 7.15. The molecule has 5 aliphatic rings. The molecular weight excluding hydrogens is 614 g/mol. The lowest BCUT2D eigenvalue weighted by molar-refractivity contribution is -0.119. The number of anilines is 2. The molecule has 2 fully saturated rings. The van der Waals surface area contributed by atoms with Crippen LogP contribution in [0.3, 0.4) is 0 Å². The van der Waals surface area contributed by atoms with Crippen molar-refractivity contribution in [2.75, 3.05) is 16.8 Å². The molecule has 9 nitrogen and oxygen atoms in total. The molecule has 2 aromatic heterocycles. The van der Waals surface area contributed by atoms with Crippen LogP contribution in [0.2, 0.25) is 0 Å². The molecule has 11 heteroatoms. The Balaban J connectivity index is 1.14. The first-order valence-electron chi connectivity index (χ1n) is 15.8. The average molecular weight is 646 g/mol. The number of aromatic nitrogens is 1. The first kappa shape index (κ1) is 29.3. The van der Waals surface area contributed by atoms with Crippen LogP contribution in [0.25, 0.3) is 16.7 Å². The van der Waals surface area contributed by atoms with Gasteiger partial charge in [-0.25, -0.2) is 4.39 Å². The van der Waals surface area contributed by atoms with E-state index >= 15 is 4.39 Å². The van der Waals surface area contributed by atoms with E-state index in [1.807, 2.05) is 42.6 Å². The van der Waals surface area contributed by atoms with Crippen molar-refractivity contribution in [1.82, 2.24) is 15.6 Å². The van der Waals surface area contributed by atoms with Crippen LogP contribution < -0.4 is 20.9 Å². The Hall–Kier alpha value is -5.16. The van der Waals surface area contributed by atoms with E-state index in [2.05, 4.69) is 37.5 Å². The largest absolute Gasteiger partial charge is 0.348 e. The summed E-state index contributed by atoms with van der Waals surface area (Å²) in [5.74, 6) is 0.382. The second-order valence-corrected chi connectivity index (χ2v) is 13.4. The van der Waals surface area contributed by atoms with Gasteiger partial charge in [-0.2, -0.15) is 0 Å². The van der Waals surface area contributed by atoms with Crippen molar-refractivity contribution in [3.63, 3.8) is 0 Å². The minimum absolute atomic E-state index is 0.00700. The second kappa shape index (κ2) is 11.6. The number of Topliss-reactive ketones (excluding diaryl/α,β-unsaturated/α-hetero) is 1. The van der Waals surface area contributed by atoms with E-state index in [-0.39, 0.29) is 29.6 Å². The zero-order valence-corrected chi connectivity index (χ0v) is 26.5. The first-order chi connectivity index (χ1) is 22.9. The number of nitrogens with zero attached hydrogens (tertiary/aromatic N) is 4. The summed E-state index contributed by atoms with van der Waals surface area (Å²) >= 11 is 1.44. The lowest BCUT2D eigenvalue weighted by atomic mass is 9.91. The van der Waals surface area contributed by atoms with Crippen molar-refractivity contribution in [2.24, 2.45) is 15.9 Å². The molecular formula is C36H32FN7O2S. The molecule has 1 aromatic carbocycles. The van der Waals surface area contributed by atoms with Gasteiger partial charge >= 0.3 is 0 Å². The van der Waals surface area contributed by atoms with E-state index < -0.39 is 6.04 Å². The van der Waals surface area contributed by atoms with Gasteiger partial charge < -0.3 is 20.9 Å². The zero-order chi connectivity index (χ0) is 32.2. The van der Waals surface area contributed by atoms with Crippen LogP contribution >= 0.6 is 11.3 Å². The maximum Gasteiger partial charge on any atom is 0.227 e. The Bertz CT molecular complexity index is 2020. The van der Waals surface area contributed by atoms with E-state index in [9.17, 15) is 9.59 Å². The standard InChI is InChI=1S/C36H32FN7O2S/c1-19(45)30-9-10-31(47-30)23-8-5-11-40-35-33(23)27(38-2)15-28(42-35)34-25-13-24(26(37)14-29(25)44-18-32(44)43-34)21-12-22(17-39-16-21)41-36(46)20-6-3-4-7-20/h5,8-17,20,27,32,40,42H,2-4,6-7,18H2,1H3,(H,41,46). The van der Waals surface area contributed by atoms with Crippen LogP contribution in [0.4, 0.5) is 15.8 Å². The number of hydrogen-bond donors (Lipinski definition) is 3. The number of allylic oxidation sites excluding steroid dienone is 3. The molecule has 1 amide bonds. The Morgan fingerprint density at radius 3 is 2.79 bits per heavy atom. The van der Waals surface area contributed by atoms with Gasteiger partial charge in [-0.3, -0.25) is 24.6 Å². The van der Waals surface area contributed by atoms with Gasteiger partial charge in [0, 0.05) is 51.0 Å². The number of ketones is 1. The van der Waals surface area contributed by atoms with Crippen molar-refractivity contribution in [2.45, 2.75) is 44.8 Å². The highest BCUT2D eigenvalue weighted by Crippen LogP contribution is 2.43. The third-order valence-electron chi connectivity index (χ3n) is 9.25. The topological polar surface area (TPSA) is 111 Å². The molecule has 3 N–H and O–H groups in total. The molecule has 2 unspecified atom stereocenters. The lowest BCUT2D eigenvalue weighted by Crippen LogP contribution is -2.36. The predicted molar refractivity (Wildman–Crippen MR) is 184 cm³/mol. The monoisotopic (exact) mass is 645 g/mol. The van der Waals surface area contributed by atoms with Gasteiger partial charge in [-0.1, -0.05) is 18.9 Å². The number of pyridine rings is 1. The minimum Gasteiger partial charge on any atom is -0.348 e. The van der Waals surface area contributed by atoms with Gasteiger partial charge in [-0.05, 0) is 69.0 Å². The Morgan fingerprint density at radius 2 is 2.00 bits per heavy atom. The number of fused-ring (bicyclic) bond motifs is 3. The van der Waals surface area contributed by atoms with Crippen LogP contribution in [-0.2, 0) is 4.79 Å². The van der Waals surface area contributed by atoms with Gasteiger partial charge in [0.05, 0.1) is 46.4 Å². The molecule has 0 radical (unpaired) electrons. The number of amides is 1. The Morgan fingerprint density at radius 1 is 1.15 bits per heavy atom. The minimum atomic E-state index is -0.421. The van der Waals surface area contributed by atoms with Crippen LogP contribution in [0.15, 0.2) is 94.2 Å². The fraction of sp³-hybridized carbons (Fsp3) is 0.250. The van der Waals surface area contributed by atoms with Crippen molar-refractivity contribution in [3.8, 4) is 11.1 Å². The van der Waals surface area contributed by atoms with Gasteiger partial charge in [-0.15, -0.1) is 11.3 Å². The molecule has 236 valence electrons. The van der Waals surface area contributed by atoms with Crippen molar-refractivity contribution >= 4 is 52.4 Å². The number of carbonyl (C=O) groups excluding carboxylic acids is 2. The number of benzene rings is 1. The van der Waals surface area contributed by atoms with Gasteiger partial charge in [0.2, 0.25) is 5.91 Å². The number of halogens is 1. The Labute approximate surface area is 275 Å². The third-order valence-corrected chi connectivity index (χ3v) is 10.5. The molecule has 8 rings (SSSR count). The second-order valence-electron chi connectivity index (χ2n) is 12.3. The molecule has 0 spiro atoms. The highest BCUT2D eigenvalue weighted by Gasteiger charge is 2.42. The van der Waals surface area contributed by atoms with E-state index in [1.54, 1.807) is 31.5 Å². The van der Waals surface area contributed by atoms with Crippen molar-refractivity contribution in [3.05, 3.63) is 105 Å². The molecule has 4 aliphatic heterocycles. The molecule has 0 bridgehead atoms. The average Bonchev–Trinajstić information content (AvgIpc) is 3.43. The van der Waals surface area contributed by atoms with E-state index in [1.165, 1.54) is 11.3 Å². The summed E-state index contributed by atoms with van der Waals surface area (Å²) in [5, 5.41) is 9.90. The van der Waals surface area contributed by atoms with Gasteiger partial charge in [0.25, 0.3) is 0 Å². The number of aliphatic imine (C=N–C) groups is 2. The summed E-state index contributed by atoms with van der Waals surface area (Å²) in [5.41, 5.74) is 6.32. The normalized spacial score (nSPS) is 21.2. The van der Waals surface area contributed by atoms with Crippen molar-refractivity contribution < 1.29 is 14.0 Å². The molecule has 1 saturated carbocycles. The van der Waals surface area contributed by atoms with E-state index in [0.717, 1.165) is 64.5 Å². The number of nitrogens with one attached hydrogen (secondary N) is 3. The first-order valence-corrected chi connectivity index (χ1v) is 16.6. The summed E-state index contributed by atoms with van der Waals surface area (Å²) in [4.78, 5) is 42.4. The number of dihydropyridines is 1. The summed E-state index contributed by atoms with van der Waals surface area (Å²) < 4.78 is 15.8. The third kappa shape index (κ3) is 5.30. The summed E-state index contributed by atoms with van der Waals surface area (Å²) in [7, 11) is 0. The maximum absolute atomic E-state index is 15.8. The smallest absolute Gasteiger partial charge is 0.227 e. The molecule has 3 aromatic rings. The number of carbonyl (C=O) groups is 2. The fourth-order valence-corrected chi connectivity index (χ4v) is 7.75. The number of rotatable bonds is 7. The number of thiophene rings is 1. The van der Waals surface area contributed by atoms with Crippen LogP contribution in [0, 0.1) is 11.7 Å². The summed E-state index contributed by atoms with van der Waals surface area (Å²) in [6, 6.07) is 8.54.